The van der Waals surface area contributed by atoms with Crippen LogP contribution in [0.5, 0.6) is 0 Å². The van der Waals surface area contributed by atoms with Gasteiger partial charge in [0.25, 0.3) is 0 Å². The maximum atomic E-state index is 4.85. The van der Waals surface area contributed by atoms with Crippen molar-refractivity contribution in [3.63, 3.8) is 0 Å². The zero-order valence-electron chi connectivity index (χ0n) is 15.9. The molecule has 0 atom stereocenters. The van der Waals surface area contributed by atoms with Crippen LogP contribution in [0.3, 0.4) is 0 Å². The van der Waals surface area contributed by atoms with Gasteiger partial charge < -0.3 is 4.98 Å². The lowest BCUT2D eigenvalue weighted by Crippen LogP contribution is -1.87. The second kappa shape index (κ2) is 6.57. The van der Waals surface area contributed by atoms with E-state index in [-0.39, 0.29) is 0 Å². The molecular formula is C22H15N7S. The zero-order valence-corrected chi connectivity index (χ0v) is 16.7. The number of nitrogens with one attached hydrogen (secondary N) is 2. The lowest BCUT2D eigenvalue weighted by atomic mass is 10.0. The maximum Gasteiger partial charge on any atom is 0.161 e. The van der Waals surface area contributed by atoms with Crippen LogP contribution in [0.4, 0.5) is 0 Å². The highest BCUT2D eigenvalue weighted by atomic mass is 32.1. The normalized spacial score (nSPS) is 11.5. The Balaban J connectivity index is 1.53. The number of imidazole rings is 1. The number of hydrogen-bond acceptors (Lipinski definition) is 6. The topological polar surface area (TPSA) is 96.0 Å². The standard InChI is InChI=1S/C22H15N7S/c1-12-4-6-23-11-16(12)13-9-15-19(28-29-20(15)25-10-13)22-26-18-14(17-3-2-8-30-17)5-7-24-21(18)27-22/h2-11H,1H3,(H,24,26,27)(H,25,28,29). The summed E-state index contributed by atoms with van der Waals surface area (Å²) in [4.78, 5) is 22.6. The minimum Gasteiger partial charge on any atom is -0.321 e. The molecule has 0 radical (unpaired) electrons. The summed E-state index contributed by atoms with van der Waals surface area (Å²) in [6.45, 7) is 2.06. The van der Waals surface area contributed by atoms with E-state index >= 15 is 0 Å². The first-order valence-electron chi connectivity index (χ1n) is 9.42. The van der Waals surface area contributed by atoms with E-state index in [9.17, 15) is 0 Å². The second-order valence-electron chi connectivity index (χ2n) is 7.00. The van der Waals surface area contributed by atoms with Gasteiger partial charge in [-0.15, -0.1) is 11.3 Å². The van der Waals surface area contributed by atoms with E-state index in [0.717, 1.165) is 49.4 Å². The van der Waals surface area contributed by atoms with Gasteiger partial charge in [0, 0.05) is 46.4 Å². The molecule has 6 rings (SSSR count). The molecule has 0 aromatic carbocycles. The van der Waals surface area contributed by atoms with E-state index in [1.165, 1.54) is 0 Å². The lowest BCUT2D eigenvalue weighted by Gasteiger charge is -2.04. The minimum absolute atomic E-state index is 0.662. The summed E-state index contributed by atoms with van der Waals surface area (Å²) in [6.07, 6.45) is 7.28. The first-order chi connectivity index (χ1) is 14.8. The summed E-state index contributed by atoms with van der Waals surface area (Å²) < 4.78 is 0. The highest BCUT2D eigenvalue weighted by molar-refractivity contribution is 7.13. The Labute approximate surface area is 174 Å². The Hall–Kier alpha value is -3.91. The zero-order chi connectivity index (χ0) is 20.1. The summed E-state index contributed by atoms with van der Waals surface area (Å²) in [6, 6.07) is 10.2. The fourth-order valence-corrected chi connectivity index (χ4v) is 4.40. The highest BCUT2D eigenvalue weighted by Gasteiger charge is 2.17. The van der Waals surface area contributed by atoms with Crippen molar-refractivity contribution in [2.75, 3.05) is 0 Å². The number of aromatic amines is 2. The van der Waals surface area contributed by atoms with Crippen molar-refractivity contribution in [2.24, 2.45) is 0 Å². The van der Waals surface area contributed by atoms with Gasteiger partial charge in [-0.1, -0.05) is 6.07 Å². The van der Waals surface area contributed by atoms with Crippen molar-refractivity contribution in [1.82, 2.24) is 35.1 Å². The largest absolute Gasteiger partial charge is 0.321 e. The monoisotopic (exact) mass is 409 g/mol. The average molecular weight is 409 g/mol. The van der Waals surface area contributed by atoms with E-state index in [4.69, 9.17) is 4.98 Å². The molecule has 0 aliphatic rings. The number of pyridine rings is 3. The van der Waals surface area contributed by atoms with Crippen LogP contribution in [-0.4, -0.2) is 35.1 Å². The average Bonchev–Trinajstić information content (AvgIpc) is 3.51. The molecule has 0 bridgehead atoms. The third-order valence-corrected chi connectivity index (χ3v) is 6.07. The van der Waals surface area contributed by atoms with Crippen LogP contribution in [0.15, 0.2) is 60.5 Å². The van der Waals surface area contributed by atoms with Crippen molar-refractivity contribution in [3.8, 4) is 33.1 Å². The van der Waals surface area contributed by atoms with Crippen molar-refractivity contribution in [3.05, 3.63) is 66.1 Å². The van der Waals surface area contributed by atoms with Gasteiger partial charge in [0.1, 0.15) is 11.2 Å². The molecule has 7 nitrogen and oxygen atoms in total. The van der Waals surface area contributed by atoms with Crippen molar-refractivity contribution < 1.29 is 0 Å². The molecule has 6 heterocycles. The third-order valence-electron chi connectivity index (χ3n) is 5.16. The van der Waals surface area contributed by atoms with E-state index in [1.54, 1.807) is 23.7 Å². The van der Waals surface area contributed by atoms with Crippen LogP contribution in [0.25, 0.3) is 55.3 Å². The number of nitrogens with zero attached hydrogens (tertiary/aromatic N) is 5. The van der Waals surface area contributed by atoms with Crippen LogP contribution in [-0.2, 0) is 0 Å². The smallest absolute Gasteiger partial charge is 0.161 e. The molecule has 0 saturated carbocycles. The molecule has 0 amide bonds. The third kappa shape index (κ3) is 2.61. The van der Waals surface area contributed by atoms with Gasteiger partial charge >= 0.3 is 0 Å². The molecular weight excluding hydrogens is 394 g/mol. The summed E-state index contributed by atoms with van der Waals surface area (Å²) in [5.74, 6) is 0.662. The molecule has 0 saturated heterocycles. The Bertz CT molecular complexity index is 1510. The number of hydrogen-bond donors (Lipinski definition) is 2. The number of rotatable bonds is 3. The van der Waals surface area contributed by atoms with Gasteiger partial charge in [0.2, 0.25) is 0 Å². The maximum absolute atomic E-state index is 4.85. The predicted molar refractivity (Wildman–Crippen MR) is 118 cm³/mol. The molecule has 0 unspecified atom stereocenters. The molecule has 144 valence electrons. The Morgan fingerprint density at radius 2 is 1.93 bits per heavy atom. The molecule has 0 aliphatic carbocycles. The van der Waals surface area contributed by atoms with Gasteiger partial charge in [-0.2, -0.15) is 5.10 Å². The molecule has 30 heavy (non-hydrogen) atoms. The fourth-order valence-electron chi connectivity index (χ4n) is 3.65. The number of thiophene rings is 1. The van der Waals surface area contributed by atoms with Crippen molar-refractivity contribution in [1.29, 1.82) is 0 Å². The minimum atomic E-state index is 0.662. The summed E-state index contributed by atoms with van der Waals surface area (Å²) >= 11 is 1.68. The highest BCUT2D eigenvalue weighted by Crippen LogP contribution is 2.33. The molecule has 0 aliphatic heterocycles. The quantitative estimate of drug-likeness (QED) is 0.429. The molecule has 0 fully saturated rings. The Morgan fingerprint density at radius 3 is 2.80 bits per heavy atom. The summed E-state index contributed by atoms with van der Waals surface area (Å²) in [5.41, 5.74) is 7.23. The lowest BCUT2D eigenvalue weighted by molar-refractivity contribution is 1.09. The SMILES string of the molecule is Cc1ccncc1-c1cnc2[nH]nc(-c3nc4c(-c5cccs5)ccnc4[nH]3)c2c1. The van der Waals surface area contributed by atoms with Crippen LogP contribution in [0, 0.1) is 6.92 Å². The summed E-state index contributed by atoms with van der Waals surface area (Å²) in [7, 11) is 0. The Morgan fingerprint density at radius 1 is 0.967 bits per heavy atom. The first-order valence-corrected chi connectivity index (χ1v) is 10.3. The number of H-pyrrole nitrogens is 2. The van der Waals surface area contributed by atoms with E-state index in [2.05, 4.69) is 54.6 Å². The number of aromatic nitrogens is 7. The molecule has 6 aromatic heterocycles. The summed E-state index contributed by atoms with van der Waals surface area (Å²) in [5, 5.41) is 10.5. The van der Waals surface area contributed by atoms with Crippen molar-refractivity contribution in [2.45, 2.75) is 6.92 Å². The second-order valence-corrected chi connectivity index (χ2v) is 7.95. The van der Waals surface area contributed by atoms with Gasteiger partial charge in [-0.3, -0.25) is 10.1 Å². The van der Waals surface area contributed by atoms with Gasteiger partial charge in [0.05, 0.1) is 5.39 Å². The van der Waals surface area contributed by atoms with Crippen LogP contribution in [0.2, 0.25) is 0 Å². The number of fused-ring (bicyclic) bond motifs is 2. The van der Waals surface area contributed by atoms with Gasteiger partial charge in [-0.25, -0.2) is 15.0 Å². The van der Waals surface area contributed by atoms with Crippen molar-refractivity contribution >= 4 is 33.5 Å². The number of aryl methyl sites for hydroxylation is 1. The first kappa shape index (κ1) is 17.0. The van der Waals surface area contributed by atoms with E-state index in [1.807, 2.05) is 30.6 Å². The van der Waals surface area contributed by atoms with E-state index in [0.29, 0.717) is 11.5 Å². The molecule has 0 spiro atoms. The molecule has 6 aromatic rings. The Kier molecular flexibility index (Phi) is 3.72. The van der Waals surface area contributed by atoms with E-state index < -0.39 is 0 Å². The van der Waals surface area contributed by atoms with Gasteiger partial charge in [0.15, 0.2) is 17.1 Å². The van der Waals surface area contributed by atoms with Crippen LogP contribution in [0.1, 0.15) is 5.56 Å². The molecule has 2 N–H and O–H groups in total. The molecule has 8 heteroatoms. The predicted octanol–water partition coefficient (Wildman–Crippen LogP) is 5.00. The van der Waals surface area contributed by atoms with Crippen LogP contribution >= 0.6 is 11.3 Å². The fraction of sp³-hybridized carbons (Fsp3) is 0.0455. The van der Waals surface area contributed by atoms with Gasteiger partial charge in [-0.05, 0) is 42.1 Å². The van der Waals surface area contributed by atoms with Crippen LogP contribution < -0.4 is 0 Å².